The maximum absolute atomic E-state index is 4.89. The summed E-state index contributed by atoms with van der Waals surface area (Å²) in [5, 5.41) is 11.3. The number of anilines is 3. The van der Waals surface area contributed by atoms with Crippen LogP contribution in [0.5, 0.6) is 0 Å². The summed E-state index contributed by atoms with van der Waals surface area (Å²) in [6.07, 6.45) is 0. The lowest BCUT2D eigenvalue weighted by Crippen LogP contribution is -2.44. The minimum Gasteiger partial charge on any atom is -0.354 e. The number of benzene rings is 1. The van der Waals surface area contributed by atoms with Crippen LogP contribution in [0.25, 0.3) is 0 Å². The number of aryl methyl sites for hydroxylation is 3. The fraction of sp³-hybridized carbons (Fsp3) is 0.381. The van der Waals surface area contributed by atoms with Gasteiger partial charge in [-0.15, -0.1) is 0 Å². The van der Waals surface area contributed by atoms with Gasteiger partial charge in [0.1, 0.15) is 11.6 Å². The number of likely N-dealkylation sites (N-methyl/N-ethyl adjacent to an activating group) is 1. The standard InChI is InChI=1S/C21H27N7S/c1-14-5-6-15(2)17(11-14)29-21-23-18(22-19-12-16(3)25-26-19)13-20(24-21)28-9-7-27(4)8-10-28/h5-6,11-13H,7-10H2,1-4H3,(H2,22,23,24,25,26). The maximum atomic E-state index is 4.89. The number of aromatic nitrogens is 4. The lowest BCUT2D eigenvalue weighted by Gasteiger charge is -2.33. The van der Waals surface area contributed by atoms with Crippen molar-refractivity contribution in [1.29, 1.82) is 0 Å². The third-order valence-corrected chi connectivity index (χ3v) is 6.05. The zero-order chi connectivity index (χ0) is 20.4. The maximum Gasteiger partial charge on any atom is 0.196 e. The molecule has 1 aromatic carbocycles. The molecule has 0 unspecified atom stereocenters. The molecular weight excluding hydrogens is 382 g/mol. The van der Waals surface area contributed by atoms with Crippen molar-refractivity contribution >= 4 is 29.2 Å². The summed E-state index contributed by atoms with van der Waals surface area (Å²) in [6, 6.07) is 10.5. The number of H-pyrrole nitrogens is 1. The molecule has 0 aliphatic carbocycles. The smallest absolute Gasteiger partial charge is 0.196 e. The van der Waals surface area contributed by atoms with Crippen LogP contribution in [0.15, 0.2) is 40.4 Å². The van der Waals surface area contributed by atoms with Gasteiger partial charge in [0.05, 0.1) is 0 Å². The molecule has 3 heterocycles. The van der Waals surface area contributed by atoms with Gasteiger partial charge in [-0.1, -0.05) is 12.1 Å². The van der Waals surface area contributed by atoms with E-state index in [2.05, 4.69) is 64.4 Å². The van der Waals surface area contributed by atoms with E-state index >= 15 is 0 Å². The Morgan fingerprint density at radius 1 is 0.966 bits per heavy atom. The molecule has 0 saturated carbocycles. The first-order valence-corrected chi connectivity index (χ1v) is 10.6. The Bertz CT molecular complexity index is 992. The summed E-state index contributed by atoms with van der Waals surface area (Å²) in [6.45, 7) is 10.2. The SMILES string of the molecule is Cc1ccc(C)c(Sc2nc(Nc3cc(C)[nH]n3)cc(N3CCN(C)CC3)n2)c1. The molecule has 3 aromatic rings. The predicted octanol–water partition coefficient (Wildman–Crippen LogP) is 3.77. The molecule has 1 aliphatic rings. The van der Waals surface area contributed by atoms with Crippen LogP contribution in [0.3, 0.4) is 0 Å². The van der Waals surface area contributed by atoms with Crippen LogP contribution in [0.2, 0.25) is 0 Å². The summed E-state index contributed by atoms with van der Waals surface area (Å²) >= 11 is 1.61. The van der Waals surface area contributed by atoms with Crippen molar-refractivity contribution in [3.8, 4) is 0 Å². The van der Waals surface area contributed by atoms with E-state index in [1.807, 2.05) is 19.1 Å². The number of hydrogen-bond acceptors (Lipinski definition) is 7. The number of nitrogens with one attached hydrogen (secondary N) is 2. The van der Waals surface area contributed by atoms with Gasteiger partial charge in [-0.2, -0.15) is 5.10 Å². The Morgan fingerprint density at radius 2 is 1.76 bits per heavy atom. The monoisotopic (exact) mass is 409 g/mol. The summed E-state index contributed by atoms with van der Waals surface area (Å²) in [5.74, 6) is 2.47. The van der Waals surface area contributed by atoms with Crippen molar-refractivity contribution in [3.05, 3.63) is 47.2 Å². The molecule has 0 bridgehead atoms. The number of hydrogen-bond donors (Lipinski definition) is 2. The molecule has 152 valence electrons. The largest absolute Gasteiger partial charge is 0.354 e. The van der Waals surface area contributed by atoms with Crippen molar-refractivity contribution < 1.29 is 0 Å². The van der Waals surface area contributed by atoms with Crippen molar-refractivity contribution in [2.45, 2.75) is 30.8 Å². The van der Waals surface area contributed by atoms with E-state index < -0.39 is 0 Å². The fourth-order valence-corrected chi connectivity index (χ4v) is 4.20. The van der Waals surface area contributed by atoms with Crippen LogP contribution in [-0.4, -0.2) is 58.3 Å². The van der Waals surface area contributed by atoms with E-state index in [0.29, 0.717) is 0 Å². The van der Waals surface area contributed by atoms with E-state index in [4.69, 9.17) is 9.97 Å². The summed E-state index contributed by atoms with van der Waals surface area (Å²) in [4.78, 5) is 15.5. The zero-order valence-electron chi connectivity index (χ0n) is 17.4. The Hall–Kier alpha value is -2.58. The van der Waals surface area contributed by atoms with E-state index in [1.165, 1.54) is 16.0 Å². The first-order valence-electron chi connectivity index (χ1n) is 9.83. The molecule has 8 heteroatoms. The average Bonchev–Trinajstić information content (AvgIpc) is 3.10. The summed E-state index contributed by atoms with van der Waals surface area (Å²) in [7, 11) is 2.16. The molecule has 7 nitrogen and oxygen atoms in total. The number of aromatic amines is 1. The predicted molar refractivity (Wildman–Crippen MR) is 118 cm³/mol. The van der Waals surface area contributed by atoms with Crippen molar-refractivity contribution in [3.63, 3.8) is 0 Å². The topological polar surface area (TPSA) is 73.0 Å². The second-order valence-corrected chi connectivity index (χ2v) is 8.63. The van der Waals surface area contributed by atoms with Gasteiger partial charge in [0, 0.05) is 48.9 Å². The van der Waals surface area contributed by atoms with E-state index in [-0.39, 0.29) is 0 Å². The average molecular weight is 410 g/mol. The fourth-order valence-electron chi connectivity index (χ4n) is 3.25. The van der Waals surface area contributed by atoms with Crippen LogP contribution in [0.4, 0.5) is 17.5 Å². The highest BCUT2D eigenvalue weighted by Crippen LogP contribution is 2.31. The third kappa shape index (κ3) is 4.89. The lowest BCUT2D eigenvalue weighted by atomic mass is 10.2. The van der Waals surface area contributed by atoms with Crippen LogP contribution in [0.1, 0.15) is 16.8 Å². The van der Waals surface area contributed by atoms with Gasteiger partial charge < -0.3 is 15.1 Å². The molecule has 29 heavy (non-hydrogen) atoms. The molecule has 0 atom stereocenters. The van der Waals surface area contributed by atoms with Gasteiger partial charge in [-0.25, -0.2) is 9.97 Å². The molecule has 0 spiro atoms. The molecule has 4 rings (SSSR count). The van der Waals surface area contributed by atoms with Crippen molar-refractivity contribution in [1.82, 2.24) is 25.1 Å². The van der Waals surface area contributed by atoms with Gasteiger partial charge in [0.25, 0.3) is 0 Å². The van der Waals surface area contributed by atoms with Crippen LogP contribution < -0.4 is 10.2 Å². The quantitative estimate of drug-likeness (QED) is 0.622. The third-order valence-electron chi connectivity index (χ3n) is 5.03. The van der Waals surface area contributed by atoms with Crippen LogP contribution in [-0.2, 0) is 0 Å². The molecule has 1 saturated heterocycles. The second kappa shape index (κ2) is 8.42. The number of nitrogens with zero attached hydrogens (tertiary/aromatic N) is 5. The highest BCUT2D eigenvalue weighted by molar-refractivity contribution is 7.99. The zero-order valence-corrected chi connectivity index (χ0v) is 18.2. The van der Waals surface area contributed by atoms with Gasteiger partial charge in [0.15, 0.2) is 11.0 Å². The second-order valence-electron chi connectivity index (χ2n) is 7.62. The van der Waals surface area contributed by atoms with Crippen molar-refractivity contribution in [2.24, 2.45) is 0 Å². The van der Waals surface area contributed by atoms with Crippen LogP contribution in [0, 0.1) is 20.8 Å². The van der Waals surface area contributed by atoms with Crippen molar-refractivity contribution in [2.75, 3.05) is 43.4 Å². The molecular formula is C21H27N7S. The number of piperazine rings is 1. The molecule has 2 N–H and O–H groups in total. The van der Waals surface area contributed by atoms with Gasteiger partial charge in [-0.3, -0.25) is 5.10 Å². The Kier molecular flexibility index (Phi) is 5.73. The minimum atomic E-state index is 0.741. The molecule has 2 aromatic heterocycles. The highest BCUT2D eigenvalue weighted by atomic mass is 32.2. The Labute approximate surface area is 175 Å². The summed E-state index contributed by atoms with van der Waals surface area (Å²) < 4.78 is 0. The Morgan fingerprint density at radius 3 is 2.48 bits per heavy atom. The molecule has 0 radical (unpaired) electrons. The minimum absolute atomic E-state index is 0.741. The van der Waals surface area contributed by atoms with Gasteiger partial charge in [0.2, 0.25) is 0 Å². The Balaban J connectivity index is 1.66. The number of rotatable bonds is 5. The van der Waals surface area contributed by atoms with Gasteiger partial charge in [-0.05, 0) is 56.8 Å². The normalized spacial score (nSPS) is 15.0. The van der Waals surface area contributed by atoms with E-state index in [9.17, 15) is 0 Å². The molecule has 1 aliphatic heterocycles. The highest BCUT2D eigenvalue weighted by Gasteiger charge is 2.18. The first kappa shape index (κ1) is 19.7. The molecule has 0 amide bonds. The van der Waals surface area contributed by atoms with Crippen LogP contribution >= 0.6 is 11.8 Å². The van der Waals surface area contributed by atoms with E-state index in [0.717, 1.165) is 54.5 Å². The van der Waals surface area contributed by atoms with Gasteiger partial charge >= 0.3 is 0 Å². The first-order chi connectivity index (χ1) is 14.0. The molecule has 1 fully saturated rings. The summed E-state index contributed by atoms with van der Waals surface area (Å²) in [5.41, 5.74) is 3.47. The van der Waals surface area contributed by atoms with E-state index in [1.54, 1.807) is 11.8 Å². The lowest BCUT2D eigenvalue weighted by molar-refractivity contribution is 0.312.